The summed E-state index contributed by atoms with van der Waals surface area (Å²) in [6.45, 7) is 2.57. The lowest BCUT2D eigenvalue weighted by Crippen LogP contribution is -2.04. The molecular weight excluding hydrogens is 292 g/mol. The predicted octanol–water partition coefficient (Wildman–Crippen LogP) is 5.49. The summed E-state index contributed by atoms with van der Waals surface area (Å²) in [5, 5.41) is 8.53. The Morgan fingerprint density at radius 3 is 1.57 bits per heavy atom. The number of unbranched alkanes of at least 4 members (excludes halogenated alkanes) is 11. The van der Waals surface area contributed by atoms with Crippen LogP contribution in [0.1, 0.15) is 103 Å². The molecule has 0 aromatic rings. The van der Waals surface area contributed by atoms with Gasteiger partial charge in [0.1, 0.15) is 0 Å². The number of hydrogen-bond acceptors (Lipinski definition) is 3. The van der Waals surface area contributed by atoms with Gasteiger partial charge < -0.3 is 9.84 Å². The van der Waals surface area contributed by atoms with E-state index in [0.717, 1.165) is 32.1 Å². The summed E-state index contributed by atoms with van der Waals surface area (Å²) < 4.78 is 5.12. The first-order valence-corrected chi connectivity index (χ1v) is 9.54. The van der Waals surface area contributed by atoms with Gasteiger partial charge in [-0.3, -0.25) is 9.59 Å². The molecule has 0 aliphatic heterocycles. The normalized spacial score (nSPS) is 10.7. The van der Waals surface area contributed by atoms with E-state index in [1.165, 1.54) is 51.4 Å². The van der Waals surface area contributed by atoms with Crippen LogP contribution in [0.3, 0.4) is 0 Å². The van der Waals surface area contributed by atoms with E-state index in [1.807, 2.05) is 6.92 Å². The summed E-state index contributed by atoms with van der Waals surface area (Å²) in [5.74, 6) is -0.736. The van der Waals surface area contributed by atoms with Crippen LogP contribution in [-0.4, -0.2) is 23.7 Å². The third-order valence-corrected chi connectivity index (χ3v) is 4.00. The zero-order valence-electron chi connectivity index (χ0n) is 15.0. The van der Waals surface area contributed by atoms with Crippen molar-refractivity contribution >= 4 is 11.9 Å². The number of esters is 1. The molecule has 0 radical (unpaired) electrons. The molecule has 0 unspecified atom stereocenters. The van der Waals surface area contributed by atoms with Crippen LogP contribution in [0.5, 0.6) is 0 Å². The number of carbonyl (C=O) groups excluding carboxylic acids is 1. The number of aliphatic carboxylic acids is 1. The van der Waals surface area contributed by atoms with Crippen molar-refractivity contribution in [2.24, 2.45) is 0 Å². The van der Waals surface area contributed by atoms with Crippen LogP contribution in [-0.2, 0) is 14.3 Å². The Hall–Kier alpha value is -1.06. The van der Waals surface area contributed by atoms with Crippen molar-refractivity contribution in [2.75, 3.05) is 6.61 Å². The minimum atomic E-state index is -0.677. The highest BCUT2D eigenvalue weighted by molar-refractivity contribution is 5.69. The first-order chi connectivity index (χ1) is 11.2. The highest BCUT2D eigenvalue weighted by Gasteiger charge is 2.00. The molecule has 0 saturated heterocycles. The molecule has 0 amide bonds. The number of carbonyl (C=O) groups is 2. The van der Waals surface area contributed by atoms with E-state index in [0.29, 0.717) is 19.4 Å². The highest BCUT2D eigenvalue weighted by Crippen LogP contribution is 2.12. The fourth-order valence-electron chi connectivity index (χ4n) is 2.61. The quantitative estimate of drug-likeness (QED) is 0.283. The summed E-state index contributed by atoms with van der Waals surface area (Å²) >= 11 is 0. The van der Waals surface area contributed by atoms with Gasteiger partial charge in [0.25, 0.3) is 0 Å². The van der Waals surface area contributed by atoms with Gasteiger partial charge in [-0.15, -0.1) is 0 Å². The van der Waals surface area contributed by atoms with Gasteiger partial charge in [0.2, 0.25) is 0 Å². The van der Waals surface area contributed by atoms with E-state index in [-0.39, 0.29) is 5.97 Å². The summed E-state index contributed by atoms with van der Waals surface area (Å²) in [6.07, 6.45) is 15.9. The molecule has 4 heteroatoms. The fourth-order valence-corrected chi connectivity index (χ4v) is 2.61. The maximum absolute atomic E-state index is 11.1. The molecular formula is C19H36O4. The lowest BCUT2D eigenvalue weighted by Gasteiger charge is -2.04. The van der Waals surface area contributed by atoms with Gasteiger partial charge >= 0.3 is 11.9 Å². The Labute approximate surface area is 142 Å². The average molecular weight is 328 g/mol. The molecule has 0 heterocycles. The fraction of sp³-hybridized carbons (Fsp3) is 0.895. The SMILES string of the molecule is CCCC(=O)OCCCCCCCCCCCCCCC(=O)O. The highest BCUT2D eigenvalue weighted by atomic mass is 16.5. The van der Waals surface area contributed by atoms with Crippen molar-refractivity contribution in [2.45, 2.75) is 103 Å². The third kappa shape index (κ3) is 18.9. The molecule has 0 fully saturated rings. The minimum absolute atomic E-state index is 0.0598. The van der Waals surface area contributed by atoms with Gasteiger partial charge in [-0.1, -0.05) is 71.1 Å². The lowest BCUT2D eigenvalue weighted by molar-refractivity contribution is -0.143. The zero-order chi connectivity index (χ0) is 17.2. The van der Waals surface area contributed by atoms with E-state index in [9.17, 15) is 9.59 Å². The van der Waals surface area contributed by atoms with Crippen LogP contribution in [0.25, 0.3) is 0 Å². The van der Waals surface area contributed by atoms with E-state index < -0.39 is 5.97 Å². The smallest absolute Gasteiger partial charge is 0.305 e. The zero-order valence-corrected chi connectivity index (χ0v) is 15.0. The summed E-state index contributed by atoms with van der Waals surface area (Å²) in [4.78, 5) is 21.5. The largest absolute Gasteiger partial charge is 0.481 e. The first kappa shape index (κ1) is 21.9. The Morgan fingerprint density at radius 2 is 1.13 bits per heavy atom. The second kappa shape index (κ2) is 17.3. The molecule has 0 spiro atoms. The van der Waals surface area contributed by atoms with Gasteiger partial charge in [-0.05, 0) is 19.3 Å². The Kier molecular flexibility index (Phi) is 16.5. The van der Waals surface area contributed by atoms with Crippen LogP contribution in [0.2, 0.25) is 0 Å². The molecule has 1 N–H and O–H groups in total. The van der Waals surface area contributed by atoms with Gasteiger partial charge in [0.15, 0.2) is 0 Å². The van der Waals surface area contributed by atoms with Crippen molar-refractivity contribution in [1.82, 2.24) is 0 Å². The summed E-state index contributed by atoms with van der Waals surface area (Å²) in [5.41, 5.74) is 0. The van der Waals surface area contributed by atoms with Crippen LogP contribution in [0.4, 0.5) is 0 Å². The summed E-state index contributed by atoms with van der Waals surface area (Å²) in [6, 6.07) is 0. The number of carboxylic acid groups (broad SMARTS) is 1. The maximum Gasteiger partial charge on any atom is 0.305 e. The van der Waals surface area contributed by atoms with Crippen LogP contribution >= 0.6 is 0 Å². The minimum Gasteiger partial charge on any atom is -0.481 e. The standard InChI is InChI=1S/C19H36O4/c1-2-15-19(22)23-17-14-12-10-8-6-4-3-5-7-9-11-13-16-18(20)21/h2-17H2,1H3,(H,20,21). The van der Waals surface area contributed by atoms with E-state index in [2.05, 4.69) is 0 Å². The molecule has 0 saturated carbocycles. The van der Waals surface area contributed by atoms with Crippen molar-refractivity contribution < 1.29 is 19.4 Å². The van der Waals surface area contributed by atoms with Crippen LogP contribution in [0.15, 0.2) is 0 Å². The second-order valence-corrected chi connectivity index (χ2v) is 6.36. The van der Waals surface area contributed by atoms with Crippen molar-refractivity contribution in [3.05, 3.63) is 0 Å². The third-order valence-electron chi connectivity index (χ3n) is 4.00. The topological polar surface area (TPSA) is 63.6 Å². The van der Waals surface area contributed by atoms with Crippen LogP contribution < -0.4 is 0 Å². The van der Waals surface area contributed by atoms with Crippen molar-refractivity contribution in [3.63, 3.8) is 0 Å². The van der Waals surface area contributed by atoms with Gasteiger partial charge in [-0.2, -0.15) is 0 Å². The Balaban J connectivity index is 3.05. The first-order valence-electron chi connectivity index (χ1n) is 9.54. The monoisotopic (exact) mass is 328 g/mol. The predicted molar refractivity (Wildman–Crippen MR) is 93.5 cm³/mol. The van der Waals surface area contributed by atoms with Crippen molar-refractivity contribution in [1.29, 1.82) is 0 Å². The van der Waals surface area contributed by atoms with E-state index in [4.69, 9.17) is 9.84 Å². The second-order valence-electron chi connectivity index (χ2n) is 6.36. The molecule has 0 aliphatic carbocycles. The Bertz CT molecular complexity index is 289. The molecule has 23 heavy (non-hydrogen) atoms. The molecule has 0 rings (SSSR count). The van der Waals surface area contributed by atoms with Crippen molar-refractivity contribution in [3.8, 4) is 0 Å². The maximum atomic E-state index is 11.1. The molecule has 136 valence electrons. The van der Waals surface area contributed by atoms with Gasteiger partial charge in [0, 0.05) is 12.8 Å². The number of ether oxygens (including phenoxy) is 1. The van der Waals surface area contributed by atoms with Crippen LogP contribution in [0, 0.1) is 0 Å². The summed E-state index contributed by atoms with van der Waals surface area (Å²) in [7, 11) is 0. The lowest BCUT2D eigenvalue weighted by atomic mass is 10.0. The number of rotatable bonds is 17. The van der Waals surface area contributed by atoms with Gasteiger partial charge in [-0.25, -0.2) is 0 Å². The van der Waals surface area contributed by atoms with Gasteiger partial charge in [0.05, 0.1) is 6.61 Å². The molecule has 0 aromatic heterocycles. The molecule has 0 aromatic carbocycles. The van der Waals surface area contributed by atoms with E-state index in [1.54, 1.807) is 0 Å². The number of carboxylic acids is 1. The average Bonchev–Trinajstić information content (AvgIpc) is 2.51. The molecule has 4 nitrogen and oxygen atoms in total. The molecule has 0 atom stereocenters. The molecule has 0 bridgehead atoms. The van der Waals surface area contributed by atoms with E-state index >= 15 is 0 Å². The molecule has 0 aliphatic rings. The number of hydrogen-bond donors (Lipinski definition) is 1. The Morgan fingerprint density at radius 1 is 0.696 bits per heavy atom.